The smallest absolute Gasteiger partial charge is 0.262 e. The van der Waals surface area contributed by atoms with Gasteiger partial charge in [0, 0.05) is 6.04 Å². The van der Waals surface area contributed by atoms with Crippen molar-refractivity contribution in [1.29, 1.82) is 0 Å². The number of unbranched alkanes of at least 4 members (excludes halogenated alkanes) is 1. The molecule has 20 heavy (non-hydrogen) atoms. The Morgan fingerprint density at radius 2 is 2.20 bits per heavy atom. The first-order chi connectivity index (χ1) is 9.74. The maximum atomic E-state index is 11.4. The van der Waals surface area contributed by atoms with E-state index in [2.05, 4.69) is 30.5 Å². The molecule has 2 rings (SSSR count). The average Bonchev–Trinajstić information content (AvgIpc) is 2.46. The highest BCUT2D eigenvalue weighted by Crippen LogP contribution is 2.31. The van der Waals surface area contributed by atoms with Crippen LogP contribution >= 0.6 is 0 Å². The molecule has 1 aromatic carbocycles. The highest BCUT2D eigenvalue weighted by molar-refractivity contribution is 5.95. The van der Waals surface area contributed by atoms with Gasteiger partial charge in [-0.05, 0) is 37.1 Å². The summed E-state index contributed by atoms with van der Waals surface area (Å²) in [5.74, 6) is 0.680. The number of ether oxygens (including phenoxy) is 1. The number of fused-ring (bicyclic) bond motifs is 1. The van der Waals surface area contributed by atoms with Gasteiger partial charge in [0.25, 0.3) is 5.91 Å². The van der Waals surface area contributed by atoms with E-state index >= 15 is 0 Å². The summed E-state index contributed by atoms with van der Waals surface area (Å²) < 4.78 is 5.40. The maximum absolute atomic E-state index is 11.4. The van der Waals surface area contributed by atoms with Gasteiger partial charge in [0.1, 0.15) is 5.75 Å². The Balaban J connectivity index is 2.15. The minimum Gasteiger partial charge on any atom is -0.482 e. The lowest BCUT2D eigenvalue weighted by atomic mass is 10.00. The van der Waals surface area contributed by atoms with Crippen molar-refractivity contribution in [1.82, 2.24) is 5.32 Å². The lowest BCUT2D eigenvalue weighted by Gasteiger charge is -2.23. The van der Waals surface area contributed by atoms with Crippen LogP contribution in [0.25, 0.3) is 0 Å². The summed E-state index contributed by atoms with van der Waals surface area (Å²) in [6, 6.07) is 6.43. The highest BCUT2D eigenvalue weighted by Gasteiger charge is 2.18. The van der Waals surface area contributed by atoms with Crippen LogP contribution in [0.5, 0.6) is 5.75 Å². The normalized spacial score (nSPS) is 15.2. The zero-order valence-corrected chi connectivity index (χ0v) is 12.4. The van der Waals surface area contributed by atoms with E-state index in [-0.39, 0.29) is 12.5 Å². The zero-order chi connectivity index (χ0) is 14.4. The molecular weight excluding hydrogens is 252 g/mol. The van der Waals surface area contributed by atoms with Crippen LogP contribution in [0, 0.1) is 0 Å². The summed E-state index contributed by atoms with van der Waals surface area (Å²) in [7, 11) is 0. The molecule has 1 aliphatic heterocycles. The molecule has 0 bridgehead atoms. The summed E-state index contributed by atoms with van der Waals surface area (Å²) in [6.45, 7) is 5.50. The van der Waals surface area contributed by atoms with Crippen LogP contribution in [0.3, 0.4) is 0 Å². The quantitative estimate of drug-likeness (QED) is 0.803. The van der Waals surface area contributed by atoms with Crippen LogP contribution < -0.4 is 15.4 Å². The second-order valence-electron chi connectivity index (χ2n) is 5.24. The van der Waals surface area contributed by atoms with E-state index in [4.69, 9.17) is 4.74 Å². The fraction of sp³-hybridized carbons (Fsp3) is 0.562. The number of carbonyl (C=O) groups excluding carboxylic acids is 1. The molecule has 1 unspecified atom stereocenters. The van der Waals surface area contributed by atoms with E-state index in [1.54, 1.807) is 0 Å². The second kappa shape index (κ2) is 7.29. The molecule has 1 atom stereocenters. The summed E-state index contributed by atoms with van der Waals surface area (Å²) in [5.41, 5.74) is 2.01. The SMILES string of the molecule is CCCCC(NCCC)c1ccc2c(c1)NC(=O)CO2. The molecule has 0 fully saturated rings. The molecule has 1 aromatic rings. The predicted molar refractivity (Wildman–Crippen MR) is 81.1 cm³/mol. The zero-order valence-electron chi connectivity index (χ0n) is 12.4. The molecule has 1 amide bonds. The molecule has 0 saturated heterocycles. The number of nitrogens with one attached hydrogen (secondary N) is 2. The van der Waals surface area contributed by atoms with Crippen molar-refractivity contribution < 1.29 is 9.53 Å². The van der Waals surface area contributed by atoms with Gasteiger partial charge in [-0.15, -0.1) is 0 Å². The lowest BCUT2D eigenvalue weighted by Crippen LogP contribution is -2.26. The topological polar surface area (TPSA) is 50.4 Å². The third kappa shape index (κ3) is 3.73. The molecule has 0 aromatic heterocycles. The largest absolute Gasteiger partial charge is 0.482 e. The summed E-state index contributed by atoms with van der Waals surface area (Å²) in [4.78, 5) is 11.4. The summed E-state index contributed by atoms with van der Waals surface area (Å²) >= 11 is 0. The number of benzene rings is 1. The van der Waals surface area contributed by atoms with E-state index in [1.165, 1.54) is 18.4 Å². The highest BCUT2D eigenvalue weighted by atomic mass is 16.5. The summed E-state index contributed by atoms with van der Waals surface area (Å²) in [6.07, 6.45) is 4.62. The molecule has 110 valence electrons. The molecule has 1 heterocycles. The van der Waals surface area contributed by atoms with Crippen molar-refractivity contribution in [3.63, 3.8) is 0 Å². The Morgan fingerprint density at radius 3 is 2.95 bits per heavy atom. The first-order valence-electron chi connectivity index (χ1n) is 7.54. The van der Waals surface area contributed by atoms with Gasteiger partial charge in [0.2, 0.25) is 0 Å². The van der Waals surface area contributed by atoms with E-state index in [0.29, 0.717) is 6.04 Å². The van der Waals surface area contributed by atoms with Gasteiger partial charge in [0.15, 0.2) is 6.61 Å². The molecule has 4 heteroatoms. The lowest BCUT2D eigenvalue weighted by molar-refractivity contribution is -0.118. The molecular formula is C16H24N2O2. The monoisotopic (exact) mass is 276 g/mol. The molecule has 2 N–H and O–H groups in total. The molecule has 0 saturated carbocycles. The first kappa shape index (κ1) is 14.9. The van der Waals surface area contributed by atoms with E-state index in [1.807, 2.05) is 12.1 Å². The third-order valence-corrected chi connectivity index (χ3v) is 3.53. The molecule has 0 aliphatic carbocycles. The van der Waals surface area contributed by atoms with Gasteiger partial charge < -0.3 is 15.4 Å². The third-order valence-electron chi connectivity index (χ3n) is 3.53. The van der Waals surface area contributed by atoms with Gasteiger partial charge >= 0.3 is 0 Å². The van der Waals surface area contributed by atoms with E-state index in [0.717, 1.165) is 30.8 Å². The van der Waals surface area contributed by atoms with Crippen LogP contribution in [0.15, 0.2) is 18.2 Å². The average molecular weight is 276 g/mol. The molecule has 1 aliphatic rings. The predicted octanol–water partition coefficient (Wildman–Crippen LogP) is 3.25. The van der Waals surface area contributed by atoms with Gasteiger partial charge in [-0.2, -0.15) is 0 Å². The molecule has 0 spiro atoms. The Hall–Kier alpha value is -1.55. The van der Waals surface area contributed by atoms with Crippen molar-refractivity contribution in [2.24, 2.45) is 0 Å². The van der Waals surface area contributed by atoms with Gasteiger partial charge in [-0.3, -0.25) is 4.79 Å². The Morgan fingerprint density at radius 1 is 1.35 bits per heavy atom. The Bertz CT molecular complexity index is 452. The number of hydrogen-bond donors (Lipinski definition) is 2. The minimum atomic E-state index is -0.0822. The minimum absolute atomic E-state index is 0.0822. The Kier molecular flexibility index (Phi) is 5.41. The number of rotatable bonds is 7. The first-order valence-corrected chi connectivity index (χ1v) is 7.54. The van der Waals surface area contributed by atoms with E-state index in [9.17, 15) is 4.79 Å². The second-order valence-corrected chi connectivity index (χ2v) is 5.24. The van der Waals surface area contributed by atoms with Gasteiger partial charge in [0.05, 0.1) is 5.69 Å². The van der Waals surface area contributed by atoms with Crippen LogP contribution in [0.2, 0.25) is 0 Å². The Labute approximate surface area is 120 Å². The van der Waals surface area contributed by atoms with Crippen LogP contribution in [0.4, 0.5) is 5.69 Å². The van der Waals surface area contributed by atoms with Crippen molar-refractivity contribution in [2.45, 2.75) is 45.6 Å². The van der Waals surface area contributed by atoms with E-state index < -0.39 is 0 Å². The van der Waals surface area contributed by atoms with Crippen LogP contribution in [-0.2, 0) is 4.79 Å². The van der Waals surface area contributed by atoms with Crippen molar-refractivity contribution >= 4 is 11.6 Å². The van der Waals surface area contributed by atoms with Crippen molar-refractivity contribution in [3.05, 3.63) is 23.8 Å². The summed E-state index contributed by atoms with van der Waals surface area (Å²) in [5, 5.41) is 6.46. The molecule has 0 radical (unpaired) electrons. The van der Waals surface area contributed by atoms with Gasteiger partial charge in [-0.1, -0.05) is 32.8 Å². The van der Waals surface area contributed by atoms with Crippen molar-refractivity contribution in [2.75, 3.05) is 18.5 Å². The standard InChI is InChI=1S/C16H24N2O2/c1-3-5-6-13(17-9-4-2)12-7-8-15-14(10-12)18-16(19)11-20-15/h7-8,10,13,17H,3-6,9,11H2,1-2H3,(H,18,19). The van der Waals surface area contributed by atoms with Gasteiger partial charge in [-0.25, -0.2) is 0 Å². The fourth-order valence-electron chi connectivity index (χ4n) is 2.43. The van der Waals surface area contributed by atoms with Crippen molar-refractivity contribution in [3.8, 4) is 5.75 Å². The number of hydrogen-bond acceptors (Lipinski definition) is 3. The maximum Gasteiger partial charge on any atom is 0.262 e. The number of carbonyl (C=O) groups is 1. The van der Waals surface area contributed by atoms with Crippen LogP contribution in [-0.4, -0.2) is 19.1 Å². The number of anilines is 1. The van der Waals surface area contributed by atoms with Crippen LogP contribution in [0.1, 0.15) is 51.1 Å². The number of amides is 1. The fourth-order valence-corrected chi connectivity index (χ4v) is 2.43. The molecule has 4 nitrogen and oxygen atoms in total.